The van der Waals surface area contributed by atoms with Gasteiger partial charge >= 0.3 is 0 Å². The molecule has 3 N–H and O–H groups in total. The summed E-state index contributed by atoms with van der Waals surface area (Å²) in [4.78, 5) is 2.85. The first-order valence-electron chi connectivity index (χ1n) is 14.8. The van der Waals surface area contributed by atoms with Crippen LogP contribution in [0.2, 0.25) is 0 Å². The predicted octanol–water partition coefficient (Wildman–Crippen LogP) is 3.11. The fourth-order valence-corrected chi connectivity index (χ4v) is 9.65. The van der Waals surface area contributed by atoms with Crippen molar-refractivity contribution >= 4 is 31.5 Å². The van der Waals surface area contributed by atoms with E-state index in [4.69, 9.17) is 4.74 Å². The van der Waals surface area contributed by atoms with Crippen LogP contribution in [0.15, 0.2) is 62.6 Å². The summed E-state index contributed by atoms with van der Waals surface area (Å²) >= 11 is 0. The average Bonchev–Trinajstić information content (AvgIpc) is 2.96. The van der Waals surface area contributed by atoms with Gasteiger partial charge in [0.15, 0.2) is 0 Å². The third kappa shape index (κ3) is 3.97. The summed E-state index contributed by atoms with van der Waals surface area (Å²) in [7, 11) is -9.59. The topological polar surface area (TPSA) is 126 Å². The van der Waals surface area contributed by atoms with Crippen LogP contribution in [0.3, 0.4) is 0 Å². The van der Waals surface area contributed by atoms with Crippen molar-refractivity contribution in [1.29, 1.82) is 0 Å². The lowest BCUT2D eigenvalue weighted by Gasteiger charge is -2.44. The summed E-state index contributed by atoms with van der Waals surface area (Å²) in [6.07, 6.45) is 9.89. The minimum Gasteiger partial charge on any atom is -0.455 e. The van der Waals surface area contributed by atoms with Gasteiger partial charge in [0.25, 0.3) is 20.2 Å². The van der Waals surface area contributed by atoms with E-state index in [9.17, 15) is 25.9 Å². The van der Waals surface area contributed by atoms with Crippen LogP contribution in [-0.4, -0.2) is 58.2 Å². The lowest BCUT2D eigenvalue weighted by Crippen LogP contribution is -3.18. The number of quaternary nitrogens is 1. The second kappa shape index (κ2) is 9.27. The highest BCUT2D eigenvalue weighted by molar-refractivity contribution is 7.86. The molecular weight excluding hydrogens is 576 g/mol. The van der Waals surface area contributed by atoms with Gasteiger partial charge in [0.2, 0.25) is 0 Å². The van der Waals surface area contributed by atoms with Crippen molar-refractivity contribution in [2.45, 2.75) is 67.2 Å². The Kier molecular flexibility index (Phi) is 5.88. The van der Waals surface area contributed by atoms with E-state index in [1.807, 2.05) is 0 Å². The molecule has 11 heteroatoms. The minimum atomic E-state index is -4.88. The number of rotatable bonds is 3. The first kappa shape index (κ1) is 26.7. The number of nitrogens with one attached hydrogen (secondary N) is 1. The molecule has 0 radical (unpaired) electrons. The van der Waals surface area contributed by atoms with Crippen LogP contribution in [0.4, 0.5) is 5.69 Å². The summed E-state index contributed by atoms with van der Waals surface area (Å²) in [6.45, 7) is 4.21. The van der Waals surface area contributed by atoms with Gasteiger partial charge in [-0.2, -0.15) is 16.8 Å². The first-order valence-corrected chi connectivity index (χ1v) is 17.7. The van der Waals surface area contributed by atoms with Crippen LogP contribution in [0.5, 0.6) is 5.75 Å². The van der Waals surface area contributed by atoms with Gasteiger partial charge in [-0.3, -0.25) is 9.11 Å². The van der Waals surface area contributed by atoms with Crippen LogP contribution >= 0.6 is 0 Å². The van der Waals surface area contributed by atoms with Gasteiger partial charge in [-0.1, -0.05) is 6.07 Å². The summed E-state index contributed by atoms with van der Waals surface area (Å²) in [6, 6.07) is 5.82. The SMILES string of the molecule is O=S(=O)(O)c1ccc(C2=C3C=C4CCC[NH+]5CCCC(=C3Oc3c2cc2c6c3CCCN6CCC2)C45)c(S(=O)(=O)O)c1. The van der Waals surface area contributed by atoms with Crippen molar-refractivity contribution in [3.05, 3.63) is 75.1 Å². The van der Waals surface area contributed by atoms with Crippen molar-refractivity contribution in [1.82, 2.24) is 0 Å². The molecule has 220 valence electrons. The second-order valence-electron chi connectivity index (χ2n) is 12.3. The highest BCUT2D eigenvalue weighted by Crippen LogP contribution is 2.53. The maximum atomic E-state index is 12.8. The van der Waals surface area contributed by atoms with E-state index < -0.39 is 30.0 Å². The van der Waals surface area contributed by atoms with Gasteiger partial charge in [-0.05, 0) is 73.9 Å². The number of piperidine rings is 2. The van der Waals surface area contributed by atoms with Gasteiger partial charge < -0.3 is 14.5 Å². The van der Waals surface area contributed by atoms with Gasteiger partial charge in [0.05, 0.1) is 18.0 Å². The molecule has 2 fully saturated rings. The number of nitrogens with zero attached hydrogens (tertiary/aromatic N) is 1. The minimum absolute atomic E-state index is 0.198. The molecule has 0 amide bonds. The van der Waals surface area contributed by atoms with Crippen molar-refractivity contribution < 1.29 is 35.6 Å². The van der Waals surface area contributed by atoms with E-state index in [-0.39, 0.29) is 11.6 Å². The van der Waals surface area contributed by atoms with Crippen LogP contribution in [0.1, 0.15) is 60.8 Å². The van der Waals surface area contributed by atoms with Gasteiger partial charge in [-0.15, -0.1) is 0 Å². The Morgan fingerprint density at radius 1 is 0.857 bits per heavy atom. The zero-order valence-corrected chi connectivity index (χ0v) is 24.8. The number of aryl methyl sites for hydroxylation is 1. The molecule has 2 atom stereocenters. The van der Waals surface area contributed by atoms with Gasteiger partial charge in [-0.25, -0.2) is 0 Å². The molecule has 0 spiro atoms. The van der Waals surface area contributed by atoms with Crippen molar-refractivity contribution in [2.75, 3.05) is 31.1 Å². The van der Waals surface area contributed by atoms with E-state index >= 15 is 0 Å². The molecule has 42 heavy (non-hydrogen) atoms. The Morgan fingerprint density at radius 2 is 1.62 bits per heavy atom. The van der Waals surface area contributed by atoms with E-state index in [0.717, 1.165) is 112 Å². The van der Waals surface area contributed by atoms with Gasteiger partial charge in [0, 0.05) is 65.0 Å². The normalized spacial score (nSPS) is 24.7. The molecule has 2 unspecified atom stereocenters. The molecule has 2 aromatic carbocycles. The Bertz CT molecular complexity index is 1890. The Morgan fingerprint density at radius 3 is 2.38 bits per heavy atom. The number of allylic oxidation sites excluding steroid dienone is 1. The molecule has 5 heterocycles. The van der Waals surface area contributed by atoms with Crippen LogP contribution in [0.25, 0.3) is 5.57 Å². The molecule has 1 aliphatic carbocycles. The molecule has 6 aliphatic rings. The number of hydrogen-bond donors (Lipinski definition) is 3. The van der Waals surface area contributed by atoms with Crippen molar-refractivity contribution in [2.24, 2.45) is 0 Å². The third-order valence-electron chi connectivity index (χ3n) is 9.91. The first-order chi connectivity index (χ1) is 20.1. The molecule has 0 bridgehead atoms. The molecular formula is C31H33N2O7S2+. The molecule has 2 aromatic rings. The highest BCUT2D eigenvalue weighted by atomic mass is 32.2. The third-order valence-corrected chi connectivity index (χ3v) is 11.7. The van der Waals surface area contributed by atoms with Crippen molar-refractivity contribution in [3.63, 3.8) is 0 Å². The van der Waals surface area contributed by atoms with E-state index in [0.29, 0.717) is 5.57 Å². The van der Waals surface area contributed by atoms with Crippen LogP contribution < -0.4 is 14.5 Å². The summed E-state index contributed by atoms with van der Waals surface area (Å²) in [5.74, 6) is 1.51. The number of anilines is 1. The summed E-state index contributed by atoms with van der Waals surface area (Å²) in [5.41, 5.74) is 8.49. The average molecular weight is 610 g/mol. The van der Waals surface area contributed by atoms with Crippen LogP contribution in [0, 0.1) is 0 Å². The lowest BCUT2D eigenvalue weighted by molar-refractivity contribution is -0.922. The van der Waals surface area contributed by atoms with Gasteiger partial charge in [0.1, 0.15) is 22.4 Å². The summed E-state index contributed by atoms with van der Waals surface area (Å²) < 4.78 is 76.8. The standard InChI is InChI=1S/C31H32N2O7S2/c34-41(35,36)20-9-10-21(26(17-20)42(37,38)39)27-24-15-18-5-1-11-32-13-3-7-22(28(18)32)30(24)40-31-23-8-4-14-33-12-2-6-19(29(23)33)16-25(27)31/h9-10,15-17,28H,1-8,11-14H2,(H,34,35,36)(H,37,38,39)/p+1. The van der Waals surface area contributed by atoms with Crippen molar-refractivity contribution in [3.8, 4) is 5.75 Å². The second-order valence-corrected chi connectivity index (χ2v) is 15.1. The zero-order chi connectivity index (χ0) is 29.0. The van der Waals surface area contributed by atoms with Crippen LogP contribution in [-0.2, 0) is 33.1 Å². The summed E-state index contributed by atoms with van der Waals surface area (Å²) in [5, 5.41) is 0. The fourth-order valence-electron chi connectivity index (χ4n) is 8.34. The molecule has 9 nitrogen and oxygen atoms in total. The number of benzene rings is 2. The lowest BCUT2D eigenvalue weighted by atomic mass is 9.75. The Labute approximate surface area is 245 Å². The monoisotopic (exact) mass is 609 g/mol. The quantitative estimate of drug-likeness (QED) is 0.454. The maximum absolute atomic E-state index is 12.8. The van der Waals surface area contributed by atoms with E-state index in [1.165, 1.54) is 34.5 Å². The molecule has 5 aliphatic heterocycles. The predicted molar refractivity (Wildman–Crippen MR) is 156 cm³/mol. The molecule has 0 saturated carbocycles. The Hall–Kier alpha value is -2.96. The largest absolute Gasteiger partial charge is 0.455 e. The maximum Gasteiger partial charge on any atom is 0.295 e. The van der Waals surface area contributed by atoms with E-state index in [2.05, 4.69) is 17.0 Å². The number of hydrogen-bond acceptors (Lipinski definition) is 6. The smallest absolute Gasteiger partial charge is 0.295 e. The highest BCUT2D eigenvalue weighted by Gasteiger charge is 2.45. The zero-order valence-electron chi connectivity index (χ0n) is 23.1. The fraction of sp³-hybridized carbons (Fsp3) is 0.419. The van der Waals surface area contributed by atoms with E-state index in [1.54, 1.807) is 4.90 Å². The molecule has 2 saturated heterocycles. The number of ether oxygens (including phenoxy) is 1. The Balaban J connectivity index is 1.48. The molecule has 8 rings (SSSR count). The molecule has 0 aromatic heterocycles. The number of fused-ring (bicyclic) bond motifs is 3.